The van der Waals surface area contributed by atoms with Crippen LogP contribution in [0.15, 0.2) is 12.7 Å². The first-order valence-electron chi connectivity index (χ1n) is 4.01. The Hall–Kier alpha value is -0.630. The minimum Gasteiger partial charge on any atom is -0.371 e. The van der Waals surface area contributed by atoms with Gasteiger partial charge >= 0.3 is 0 Å². The van der Waals surface area contributed by atoms with Crippen molar-refractivity contribution >= 4 is 5.78 Å². The summed E-state index contributed by atoms with van der Waals surface area (Å²) < 4.78 is 5.21. The van der Waals surface area contributed by atoms with Crippen molar-refractivity contribution in [3.05, 3.63) is 12.7 Å². The minimum absolute atomic E-state index is 0.129. The highest BCUT2D eigenvalue weighted by molar-refractivity contribution is 5.84. The van der Waals surface area contributed by atoms with Gasteiger partial charge in [0.2, 0.25) is 0 Å². The molecule has 0 N–H and O–H groups in total. The fourth-order valence-corrected chi connectivity index (χ4v) is 0.913. The number of rotatable bonds is 6. The summed E-state index contributed by atoms with van der Waals surface area (Å²) in [6.45, 7) is 7.94. The van der Waals surface area contributed by atoms with E-state index in [0.29, 0.717) is 13.0 Å². The van der Waals surface area contributed by atoms with E-state index in [9.17, 15) is 4.79 Å². The van der Waals surface area contributed by atoms with Crippen molar-refractivity contribution in [1.29, 1.82) is 0 Å². The summed E-state index contributed by atoms with van der Waals surface area (Å²) in [5.74, 6) is 0.129. The highest BCUT2D eigenvalue weighted by atomic mass is 16.5. The van der Waals surface area contributed by atoms with Crippen molar-refractivity contribution in [2.24, 2.45) is 0 Å². The first-order valence-corrected chi connectivity index (χ1v) is 4.01. The second kappa shape index (κ2) is 6.10. The van der Waals surface area contributed by atoms with E-state index in [-0.39, 0.29) is 11.9 Å². The average Bonchev–Trinajstić information content (AvgIpc) is 2.00. The van der Waals surface area contributed by atoms with Crippen LogP contribution < -0.4 is 0 Å². The Morgan fingerprint density at radius 1 is 1.64 bits per heavy atom. The Morgan fingerprint density at radius 2 is 2.27 bits per heavy atom. The number of ketones is 1. The Kier molecular flexibility index (Phi) is 5.75. The highest BCUT2D eigenvalue weighted by Crippen LogP contribution is 2.02. The zero-order chi connectivity index (χ0) is 8.69. The monoisotopic (exact) mass is 156 g/mol. The SMILES string of the molecule is C=CCC(=O)C(CC)OCC. The number of carbonyl (C=O) groups is 1. The van der Waals surface area contributed by atoms with Crippen LogP contribution in [0.4, 0.5) is 0 Å². The molecule has 2 nitrogen and oxygen atoms in total. The number of allylic oxidation sites excluding steroid dienone is 1. The number of ether oxygens (including phenoxy) is 1. The number of carbonyl (C=O) groups excluding carboxylic acids is 1. The molecule has 0 spiro atoms. The molecule has 0 aliphatic heterocycles. The van der Waals surface area contributed by atoms with Gasteiger partial charge in [-0.15, -0.1) is 6.58 Å². The Bertz CT molecular complexity index is 130. The van der Waals surface area contributed by atoms with Crippen LogP contribution in [0.5, 0.6) is 0 Å². The first kappa shape index (κ1) is 10.4. The molecule has 0 fully saturated rings. The molecule has 0 saturated carbocycles. The summed E-state index contributed by atoms with van der Waals surface area (Å²) in [6.07, 6.45) is 2.56. The van der Waals surface area contributed by atoms with E-state index in [0.717, 1.165) is 6.42 Å². The Labute approximate surface area is 68.2 Å². The second-order valence-electron chi connectivity index (χ2n) is 2.31. The Balaban J connectivity index is 3.80. The summed E-state index contributed by atoms with van der Waals surface area (Å²) in [7, 11) is 0. The lowest BCUT2D eigenvalue weighted by Gasteiger charge is -2.11. The lowest BCUT2D eigenvalue weighted by atomic mass is 10.1. The zero-order valence-electron chi connectivity index (χ0n) is 7.30. The molecule has 2 heteroatoms. The highest BCUT2D eigenvalue weighted by Gasteiger charge is 2.13. The van der Waals surface area contributed by atoms with E-state index in [1.165, 1.54) is 0 Å². The van der Waals surface area contributed by atoms with Gasteiger partial charge in [0.15, 0.2) is 5.78 Å². The number of Topliss-reactive ketones (excluding diaryl/α,β-unsaturated/α-hetero) is 1. The van der Waals surface area contributed by atoms with Gasteiger partial charge in [-0.3, -0.25) is 4.79 Å². The van der Waals surface area contributed by atoms with Gasteiger partial charge in [-0.25, -0.2) is 0 Å². The van der Waals surface area contributed by atoms with Crippen LogP contribution in [0.2, 0.25) is 0 Å². The molecule has 0 aliphatic rings. The molecule has 0 bridgehead atoms. The smallest absolute Gasteiger partial charge is 0.165 e. The maximum atomic E-state index is 11.2. The molecule has 0 aromatic carbocycles. The van der Waals surface area contributed by atoms with Crippen molar-refractivity contribution < 1.29 is 9.53 Å². The molecule has 11 heavy (non-hydrogen) atoms. The van der Waals surface area contributed by atoms with Crippen LogP contribution >= 0.6 is 0 Å². The minimum atomic E-state index is -0.224. The fraction of sp³-hybridized carbons (Fsp3) is 0.667. The molecule has 0 aliphatic carbocycles. The van der Waals surface area contributed by atoms with E-state index in [2.05, 4.69) is 6.58 Å². The summed E-state index contributed by atoms with van der Waals surface area (Å²) in [6, 6.07) is 0. The lowest BCUT2D eigenvalue weighted by molar-refractivity contribution is -0.129. The molecule has 0 heterocycles. The first-order chi connectivity index (χ1) is 5.26. The zero-order valence-corrected chi connectivity index (χ0v) is 7.30. The molecular formula is C9H16O2. The molecule has 0 rings (SSSR count). The predicted octanol–water partition coefficient (Wildman–Crippen LogP) is 1.95. The Morgan fingerprint density at radius 3 is 2.64 bits per heavy atom. The van der Waals surface area contributed by atoms with Crippen LogP contribution in [0.1, 0.15) is 26.7 Å². The molecule has 1 atom stereocenters. The quantitative estimate of drug-likeness (QED) is 0.549. The van der Waals surface area contributed by atoms with E-state index < -0.39 is 0 Å². The van der Waals surface area contributed by atoms with Gasteiger partial charge in [-0.2, -0.15) is 0 Å². The summed E-state index contributed by atoms with van der Waals surface area (Å²) in [5.41, 5.74) is 0. The van der Waals surface area contributed by atoms with Crippen LogP contribution in [0.25, 0.3) is 0 Å². The van der Waals surface area contributed by atoms with Crippen molar-refractivity contribution in [1.82, 2.24) is 0 Å². The van der Waals surface area contributed by atoms with Crippen molar-refractivity contribution in [2.75, 3.05) is 6.61 Å². The van der Waals surface area contributed by atoms with Crippen molar-refractivity contribution in [3.8, 4) is 0 Å². The topological polar surface area (TPSA) is 26.3 Å². The van der Waals surface area contributed by atoms with Gasteiger partial charge in [0.1, 0.15) is 6.10 Å². The molecule has 0 amide bonds. The lowest BCUT2D eigenvalue weighted by Crippen LogP contribution is -2.22. The summed E-state index contributed by atoms with van der Waals surface area (Å²) in [4.78, 5) is 11.2. The predicted molar refractivity (Wildman–Crippen MR) is 45.5 cm³/mol. The van der Waals surface area contributed by atoms with Crippen LogP contribution in [-0.4, -0.2) is 18.5 Å². The van der Waals surface area contributed by atoms with Gasteiger partial charge in [0.05, 0.1) is 0 Å². The molecular weight excluding hydrogens is 140 g/mol. The fourth-order valence-electron chi connectivity index (χ4n) is 0.913. The third-order valence-corrected chi connectivity index (χ3v) is 1.44. The summed E-state index contributed by atoms with van der Waals surface area (Å²) >= 11 is 0. The van der Waals surface area contributed by atoms with Gasteiger partial charge in [-0.05, 0) is 13.3 Å². The van der Waals surface area contributed by atoms with Gasteiger partial charge in [0.25, 0.3) is 0 Å². The van der Waals surface area contributed by atoms with Crippen molar-refractivity contribution in [2.45, 2.75) is 32.8 Å². The molecule has 0 radical (unpaired) electrons. The summed E-state index contributed by atoms with van der Waals surface area (Å²) in [5, 5.41) is 0. The maximum absolute atomic E-state index is 11.2. The third-order valence-electron chi connectivity index (χ3n) is 1.44. The number of hydrogen-bond acceptors (Lipinski definition) is 2. The van der Waals surface area contributed by atoms with Crippen molar-refractivity contribution in [3.63, 3.8) is 0 Å². The standard InChI is InChI=1S/C9H16O2/c1-4-7-8(10)9(5-2)11-6-3/h4,9H,1,5-7H2,2-3H3. The van der Waals surface area contributed by atoms with Gasteiger partial charge in [0, 0.05) is 13.0 Å². The normalized spacial score (nSPS) is 12.5. The third kappa shape index (κ3) is 3.94. The van der Waals surface area contributed by atoms with E-state index in [1.54, 1.807) is 6.08 Å². The van der Waals surface area contributed by atoms with E-state index in [1.807, 2.05) is 13.8 Å². The van der Waals surface area contributed by atoms with Crippen LogP contribution in [0, 0.1) is 0 Å². The largest absolute Gasteiger partial charge is 0.371 e. The van der Waals surface area contributed by atoms with Crippen LogP contribution in [-0.2, 0) is 9.53 Å². The number of hydrogen-bond donors (Lipinski definition) is 0. The maximum Gasteiger partial charge on any atom is 0.165 e. The van der Waals surface area contributed by atoms with Crippen LogP contribution in [0.3, 0.4) is 0 Å². The molecule has 64 valence electrons. The van der Waals surface area contributed by atoms with E-state index in [4.69, 9.17) is 4.74 Å². The molecule has 1 unspecified atom stereocenters. The molecule has 0 saturated heterocycles. The van der Waals surface area contributed by atoms with E-state index >= 15 is 0 Å². The molecule has 0 aromatic rings. The average molecular weight is 156 g/mol. The molecule has 0 aromatic heterocycles. The van der Waals surface area contributed by atoms with Gasteiger partial charge in [-0.1, -0.05) is 13.0 Å². The second-order valence-corrected chi connectivity index (χ2v) is 2.31. The van der Waals surface area contributed by atoms with Gasteiger partial charge < -0.3 is 4.74 Å².